The largest absolute Gasteiger partial charge is 0.478 e. The lowest BCUT2D eigenvalue weighted by molar-refractivity contribution is 0.0697. The number of benzene rings is 1. The number of carboxylic acid groups (broad SMARTS) is 1. The Labute approximate surface area is 120 Å². The molecule has 0 unspecified atom stereocenters. The van der Waals surface area contributed by atoms with E-state index in [4.69, 9.17) is 5.11 Å². The lowest BCUT2D eigenvalue weighted by Gasteiger charge is -2.07. The van der Waals surface area contributed by atoms with Crippen LogP contribution in [0.4, 0.5) is 0 Å². The fraction of sp³-hybridized carbons (Fsp3) is 0.286. The summed E-state index contributed by atoms with van der Waals surface area (Å²) in [6, 6.07) is 4.96. The van der Waals surface area contributed by atoms with Crippen LogP contribution in [0.25, 0.3) is 11.0 Å². The minimum absolute atomic E-state index is 0.240. The molecule has 0 saturated carbocycles. The minimum atomic E-state index is -0.949. The van der Waals surface area contributed by atoms with Gasteiger partial charge in [0.15, 0.2) is 5.82 Å². The van der Waals surface area contributed by atoms with Crippen molar-refractivity contribution in [2.75, 3.05) is 0 Å². The first-order valence-corrected chi connectivity index (χ1v) is 6.67. The van der Waals surface area contributed by atoms with Gasteiger partial charge in [-0.1, -0.05) is 0 Å². The highest BCUT2D eigenvalue weighted by molar-refractivity contribution is 5.92. The predicted molar refractivity (Wildman–Crippen MR) is 76.2 cm³/mol. The van der Waals surface area contributed by atoms with Gasteiger partial charge in [0.05, 0.1) is 23.1 Å². The first-order chi connectivity index (χ1) is 10.1. The molecule has 3 rings (SSSR count). The maximum Gasteiger partial charge on any atom is 0.335 e. The highest BCUT2D eigenvalue weighted by Gasteiger charge is 2.13. The average molecular weight is 285 g/mol. The van der Waals surface area contributed by atoms with Gasteiger partial charge in [-0.3, -0.25) is 0 Å². The molecule has 1 N–H and O–H groups in total. The number of hydrogen-bond acceptors (Lipinski definition) is 4. The number of carbonyl (C=O) groups is 1. The molecule has 0 amide bonds. The van der Waals surface area contributed by atoms with E-state index in [2.05, 4.69) is 15.2 Å². The number of fused-ring (bicyclic) bond motifs is 1. The fourth-order valence-corrected chi connectivity index (χ4v) is 2.39. The number of rotatable bonds is 4. The molecule has 7 nitrogen and oxygen atoms in total. The van der Waals surface area contributed by atoms with E-state index >= 15 is 0 Å². The van der Waals surface area contributed by atoms with Crippen molar-refractivity contribution in [3.05, 3.63) is 41.7 Å². The summed E-state index contributed by atoms with van der Waals surface area (Å²) in [5, 5.41) is 17.1. The van der Waals surface area contributed by atoms with Crippen LogP contribution in [0.2, 0.25) is 0 Å². The highest BCUT2D eigenvalue weighted by Crippen LogP contribution is 2.19. The zero-order valence-corrected chi connectivity index (χ0v) is 11.8. The van der Waals surface area contributed by atoms with Crippen LogP contribution in [0.5, 0.6) is 0 Å². The number of nitrogens with zero attached hydrogens (tertiary/aromatic N) is 5. The molecule has 0 aliphatic carbocycles. The van der Waals surface area contributed by atoms with Crippen molar-refractivity contribution < 1.29 is 9.90 Å². The maximum absolute atomic E-state index is 11.0. The van der Waals surface area contributed by atoms with Gasteiger partial charge in [0.1, 0.15) is 12.2 Å². The van der Waals surface area contributed by atoms with E-state index < -0.39 is 5.97 Å². The molecule has 0 bridgehead atoms. The summed E-state index contributed by atoms with van der Waals surface area (Å²) < 4.78 is 3.98. The van der Waals surface area contributed by atoms with Crippen LogP contribution >= 0.6 is 0 Å². The van der Waals surface area contributed by atoms with Gasteiger partial charge in [-0.15, -0.1) is 10.2 Å². The van der Waals surface area contributed by atoms with Crippen molar-refractivity contribution in [3.63, 3.8) is 0 Å². The molecule has 2 aromatic heterocycles. The summed E-state index contributed by atoms with van der Waals surface area (Å²) in [5.74, 6) is 0.718. The second-order valence-corrected chi connectivity index (χ2v) is 4.79. The van der Waals surface area contributed by atoms with Gasteiger partial charge in [0.2, 0.25) is 0 Å². The Balaban J connectivity index is 2.06. The van der Waals surface area contributed by atoms with Gasteiger partial charge in [0, 0.05) is 6.54 Å². The van der Waals surface area contributed by atoms with Crippen molar-refractivity contribution >= 4 is 17.0 Å². The van der Waals surface area contributed by atoms with Crippen molar-refractivity contribution in [1.82, 2.24) is 24.3 Å². The standard InChI is InChI=1S/C14H15N5O2/c1-3-18-8-15-17-13(18)7-19-9(2)16-11-6-10(14(20)21)4-5-12(11)19/h4-6,8H,3,7H2,1-2H3,(H,20,21). The lowest BCUT2D eigenvalue weighted by Crippen LogP contribution is -2.09. The molecule has 0 radical (unpaired) electrons. The van der Waals surface area contributed by atoms with Gasteiger partial charge in [-0.2, -0.15) is 0 Å². The Hall–Kier alpha value is -2.70. The fourth-order valence-electron chi connectivity index (χ4n) is 2.39. The molecule has 0 atom stereocenters. The number of imidazole rings is 1. The number of carboxylic acids is 1. The lowest BCUT2D eigenvalue weighted by atomic mass is 10.2. The molecule has 2 heterocycles. The van der Waals surface area contributed by atoms with E-state index in [1.807, 2.05) is 23.0 Å². The molecule has 108 valence electrons. The molecule has 1 aromatic carbocycles. The maximum atomic E-state index is 11.0. The number of aryl methyl sites for hydroxylation is 2. The molecular weight excluding hydrogens is 270 g/mol. The van der Waals surface area contributed by atoms with Crippen molar-refractivity contribution in [3.8, 4) is 0 Å². The molecule has 0 spiro atoms. The van der Waals surface area contributed by atoms with Crippen molar-refractivity contribution in [2.24, 2.45) is 0 Å². The topological polar surface area (TPSA) is 85.8 Å². The molecule has 0 aliphatic rings. The van der Waals surface area contributed by atoms with Crippen molar-refractivity contribution in [2.45, 2.75) is 26.9 Å². The predicted octanol–water partition coefficient (Wildman–Crippen LogP) is 1.70. The van der Waals surface area contributed by atoms with Crippen LogP contribution in [0.1, 0.15) is 28.9 Å². The average Bonchev–Trinajstić information content (AvgIpc) is 3.03. The molecule has 21 heavy (non-hydrogen) atoms. The van der Waals surface area contributed by atoms with Crippen molar-refractivity contribution in [1.29, 1.82) is 0 Å². The first kappa shape index (κ1) is 13.3. The van der Waals surface area contributed by atoms with Crippen LogP contribution in [-0.2, 0) is 13.1 Å². The quantitative estimate of drug-likeness (QED) is 0.788. The molecule has 7 heteroatoms. The van der Waals surface area contributed by atoms with Crippen LogP contribution < -0.4 is 0 Å². The number of aromatic nitrogens is 5. The van der Waals surface area contributed by atoms with Gasteiger partial charge >= 0.3 is 5.97 Å². The third kappa shape index (κ3) is 2.26. The summed E-state index contributed by atoms with van der Waals surface area (Å²) in [5.41, 5.74) is 1.81. The normalized spacial score (nSPS) is 11.1. The summed E-state index contributed by atoms with van der Waals surface area (Å²) in [4.78, 5) is 15.5. The van der Waals surface area contributed by atoms with E-state index in [0.717, 1.165) is 23.7 Å². The Morgan fingerprint density at radius 2 is 2.19 bits per heavy atom. The molecular formula is C14H15N5O2. The second kappa shape index (κ2) is 5.01. The van der Waals surface area contributed by atoms with E-state index in [9.17, 15) is 4.79 Å². The zero-order chi connectivity index (χ0) is 15.0. The van der Waals surface area contributed by atoms with Crippen LogP contribution in [0, 0.1) is 6.92 Å². The number of hydrogen-bond donors (Lipinski definition) is 1. The Kier molecular flexibility index (Phi) is 3.17. The SMILES string of the molecule is CCn1cnnc1Cn1c(C)nc2cc(C(=O)O)ccc21. The summed E-state index contributed by atoms with van der Waals surface area (Å²) in [6.45, 7) is 5.29. The summed E-state index contributed by atoms with van der Waals surface area (Å²) in [6.07, 6.45) is 1.70. The monoisotopic (exact) mass is 285 g/mol. The zero-order valence-electron chi connectivity index (χ0n) is 11.8. The third-order valence-corrected chi connectivity index (χ3v) is 3.52. The Morgan fingerprint density at radius 3 is 2.90 bits per heavy atom. The summed E-state index contributed by atoms with van der Waals surface area (Å²) >= 11 is 0. The number of aromatic carboxylic acids is 1. The molecule has 0 fully saturated rings. The highest BCUT2D eigenvalue weighted by atomic mass is 16.4. The minimum Gasteiger partial charge on any atom is -0.478 e. The van der Waals surface area contributed by atoms with Gasteiger partial charge in [0.25, 0.3) is 0 Å². The van der Waals surface area contributed by atoms with E-state index in [0.29, 0.717) is 12.1 Å². The second-order valence-electron chi connectivity index (χ2n) is 4.79. The van der Waals surface area contributed by atoms with Gasteiger partial charge in [-0.25, -0.2) is 9.78 Å². The first-order valence-electron chi connectivity index (χ1n) is 6.67. The van der Waals surface area contributed by atoms with E-state index in [-0.39, 0.29) is 5.56 Å². The van der Waals surface area contributed by atoms with E-state index in [1.165, 1.54) is 0 Å². The van der Waals surface area contributed by atoms with Crippen LogP contribution in [-0.4, -0.2) is 35.4 Å². The summed E-state index contributed by atoms with van der Waals surface area (Å²) in [7, 11) is 0. The van der Waals surface area contributed by atoms with Gasteiger partial charge < -0.3 is 14.2 Å². The van der Waals surface area contributed by atoms with Gasteiger partial charge in [-0.05, 0) is 32.0 Å². The Morgan fingerprint density at radius 1 is 1.38 bits per heavy atom. The smallest absolute Gasteiger partial charge is 0.335 e. The van der Waals surface area contributed by atoms with Crippen LogP contribution in [0.3, 0.4) is 0 Å². The molecule has 3 aromatic rings. The van der Waals surface area contributed by atoms with Crippen LogP contribution in [0.15, 0.2) is 24.5 Å². The Bertz CT molecular complexity index is 818. The third-order valence-electron chi connectivity index (χ3n) is 3.52. The molecule has 0 aliphatic heterocycles. The van der Waals surface area contributed by atoms with E-state index in [1.54, 1.807) is 24.5 Å². The molecule has 0 saturated heterocycles.